The van der Waals surface area contributed by atoms with Crippen molar-refractivity contribution < 1.29 is 19.2 Å². The Labute approximate surface area is 126 Å². The first-order valence-corrected chi connectivity index (χ1v) is 6.67. The molecule has 0 saturated heterocycles. The molecule has 0 spiro atoms. The van der Waals surface area contributed by atoms with Gasteiger partial charge in [0.15, 0.2) is 0 Å². The highest BCUT2D eigenvalue weighted by Gasteiger charge is 2.21. The zero-order chi connectivity index (χ0) is 16.0. The lowest BCUT2D eigenvalue weighted by Gasteiger charge is -2.20. The number of non-ortho nitro benzene ring substituents is 1. The number of benzene rings is 1. The molecular weight excluding hydrogens is 300 g/mol. The van der Waals surface area contributed by atoms with Gasteiger partial charge in [0.25, 0.3) is 11.6 Å². The number of halogens is 1. The predicted molar refractivity (Wildman–Crippen MR) is 76.3 cm³/mol. The summed E-state index contributed by atoms with van der Waals surface area (Å²) in [6.45, 7) is 3.68. The maximum absolute atomic E-state index is 12.3. The summed E-state index contributed by atoms with van der Waals surface area (Å²) in [7, 11) is 0. The van der Waals surface area contributed by atoms with E-state index in [1.54, 1.807) is 13.8 Å². The lowest BCUT2D eigenvalue weighted by atomic mass is 10.1. The maximum Gasteiger partial charge on any atom is 0.325 e. The molecule has 0 heterocycles. The van der Waals surface area contributed by atoms with Gasteiger partial charge >= 0.3 is 5.97 Å². The summed E-state index contributed by atoms with van der Waals surface area (Å²) < 4.78 is 4.79. The highest BCUT2D eigenvalue weighted by Crippen LogP contribution is 2.23. The van der Waals surface area contributed by atoms with Crippen molar-refractivity contribution in [2.75, 3.05) is 19.7 Å². The fourth-order valence-corrected chi connectivity index (χ4v) is 1.91. The number of esters is 1. The predicted octanol–water partition coefficient (Wildman–Crippen LogP) is 2.27. The Morgan fingerprint density at radius 2 is 2.05 bits per heavy atom. The number of likely N-dealkylation sites (N-methyl/N-ethyl adjacent to an activating group) is 1. The SMILES string of the molecule is CCOC(=O)CN(CC)C(=O)c1ccc([N+](=O)[O-])cc1Cl. The fraction of sp³-hybridized carbons (Fsp3) is 0.385. The van der Waals surface area contributed by atoms with Crippen LogP contribution in [-0.4, -0.2) is 41.4 Å². The van der Waals surface area contributed by atoms with Crippen molar-refractivity contribution in [1.82, 2.24) is 4.90 Å². The van der Waals surface area contributed by atoms with E-state index in [2.05, 4.69) is 0 Å². The van der Waals surface area contributed by atoms with Gasteiger partial charge in [0.1, 0.15) is 6.54 Å². The third-order valence-corrected chi connectivity index (χ3v) is 3.00. The zero-order valence-electron chi connectivity index (χ0n) is 11.7. The smallest absolute Gasteiger partial charge is 0.325 e. The minimum Gasteiger partial charge on any atom is -0.465 e. The van der Waals surface area contributed by atoms with Gasteiger partial charge in [-0.05, 0) is 19.9 Å². The first kappa shape index (κ1) is 16.9. The van der Waals surface area contributed by atoms with Crippen LogP contribution in [0.1, 0.15) is 24.2 Å². The average Bonchev–Trinajstić information content (AvgIpc) is 2.44. The van der Waals surface area contributed by atoms with E-state index in [-0.39, 0.29) is 36.0 Å². The molecule has 114 valence electrons. The molecule has 0 aromatic heterocycles. The highest BCUT2D eigenvalue weighted by atomic mass is 35.5. The molecule has 0 N–H and O–H groups in total. The van der Waals surface area contributed by atoms with Crippen LogP contribution in [0.15, 0.2) is 18.2 Å². The van der Waals surface area contributed by atoms with Crippen molar-refractivity contribution in [3.63, 3.8) is 0 Å². The van der Waals surface area contributed by atoms with Crippen molar-refractivity contribution in [1.29, 1.82) is 0 Å². The van der Waals surface area contributed by atoms with Crippen molar-refractivity contribution in [2.45, 2.75) is 13.8 Å². The lowest BCUT2D eigenvalue weighted by molar-refractivity contribution is -0.384. The molecule has 1 amide bonds. The van der Waals surface area contributed by atoms with E-state index in [1.165, 1.54) is 17.0 Å². The van der Waals surface area contributed by atoms with Crippen molar-refractivity contribution >= 4 is 29.2 Å². The Morgan fingerprint density at radius 1 is 1.38 bits per heavy atom. The number of hydrogen-bond donors (Lipinski definition) is 0. The molecule has 0 bridgehead atoms. The molecule has 0 saturated carbocycles. The molecule has 21 heavy (non-hydrogen) atoms. The summed E-state index contributed by atoms with van der Waals surface area (Å²) in [5, 5.41) is 10.6. The van der Waals surface area contributed by atoms with E-state index in [1.807, 2.05) is 0 Å². The normalized spacial score (nSPS) is 10.0. The minimum absolute atomic E-state index is 0.0310. The molecule has 0 aliphatic heterocycles. The van der Waals surface area contributed by atoms with E-state index in [4.69, 9.17) is 16.3 Å². The molecule has 1 aromatic rings. The summed E-state index contributed by atoms with van der Waals surface area (Å²) in [6, 6.07) is 3.57. The number of rotatable bonds is 6. The molecule has 1 rings (SSSR count). The number of ether oxygens (including phenoxy) is 1. The Bertz CT molecular complexity index is 561. The lowest BCUT2D eigenvalue weighted by Crippen LogP contribution is -2.36. The molecule has 7 nitrogen and oxygen atoms in total. The number of carbonyl (C=O) groups is 2. The zero-order valence-corrected chi connectivity index (χ0v) is 12.4. The topological polar surface area (TPSA) is 89.8 Å². The number of nitro groups is 1. The second kappa shape index (κ2) is 7.58. The number of amides is 1. The van der Waals surface area contributed by atoms with Crippen molar-refractivity contribution in [3.8, 4) is 0 Å². The van der Waals surface area contributed by atoms with Crippen LogP contribution in [0.2, 0.25) is 5.02 Å². The Kier molecular flexibility index (Phi) is 6.10. The van der Waals surface area contributed by atoms with E-state index in [0.29, 0.717) is 0 Å². The van der Waals surface area contributed by atoms with Crippen LogP contribution in [0.4, 0.5) is 5.69 Å². The van der Waals surface area contributed by atoms with Gasteiger partial charge in [-0.2, -0.15) is 0 Å². The Morgan fingerprint density at radius 3 is 2.52 bits per heavy atom. The van der Waals surface area contributed by atoms with Gasteiger partial charge in [-0.3, -0.25) is 19.7 Å². The highest BCUT2D eigenvalue weighted by molar-refractivity contribution is 6.34. The standard InChI is InChI=1S/C13H15ClN2O5/c1-3-15(8-12(17)21-4-2)13(18)10-6-5-9(16(19)20)7-11(10)14/h5-7H,3-4,8H2,1-2H3. The van der Waals surface area contributed by atoms with Crippen LogP contribution in [-0.2, 0) is 9.53 Å². The summed E-state index contributed by atoms with van der Waals surface area (Å²) in [5.41, 5.74) is -0.0987. The number of hydrogen-bond acceptors (Lipinski definition) is 5. The molecule has 0 fully saturated rings. The molecule has 0 radical (unpaired) electrons. The number of nitro benzene ring substituents is 1. The quantitative estimate of drug-likeness (QED) is 0.456. The van der Waals surface area contributed by atoms with Crippen LogP contribution in [0.3, 0.4) is 0 Å². The average molecular weight is 315 g/mol. The van der Waals surface area contributed by atoms with Crippen LogP contribution in [0.5, 0.6) is 0 Å². The van der Waals surface area contributed by atoms with Crippen LogP contribution in [0.25, 0.3) is 0 Å². The summed E-state index contributed by atoms with van der Waals surface area (Å²) in [4.78, 5) is 35.0. The summed E-state index contributed by atoms with van der Waals surface area (Å²) in [6.07, 6.45) is 0. The maximum atomic E-state index is 12.3. The minimum atomic E-state index is -0.601. The molecule has 0 unspecified atom stereocenters. The largest absolute Gasteiger partial charge is 0.465 e. The van der Waals surface area contributed by atoms with E-state index >= 15 is 0 Å². The molecular formula is C13H15ClN2O5. The van der Waals surface area contributed by atoms with Gasteiger partial charge in [0, 0.05) is 18.7 Å². The molecule has 0 aliphatic rings. The third-order valence-electron chi connectivity index (χ3n) is 2.69. The van der Waals surface area contributed by atoms with E-state index < -0.39 is 16.8 Å². The first-order valence-electron chi connectivity index (χ1n) is 6.29. The number of carbonyl (C=O) groups excluding carboxylic acids is 2. The van der Waals surface area contributed by atoms with Crippen molar-refractivity contribution in [3.05, 3.63) is 38.9 Å². The second-order valence-corrected chi connectivity index (χ2v) is 4.45. The molecule has 1 aromatic carbocycles. The van der Waals surface area contributed by atoms with Crippen LogP contribution in [0, 0.1) is 10.1 Å². The number of nitrogens with zero attached hydrogens (tertiary/aromatic N) is 2. The van der Waals surface area contributed by atoms with Gasteiger partial charge in [0.2, 0.25) is 0 Å². The van der Waals surface area contributed by atoms with Gasteiger partial charge < -0.3 is 9.64 Å². The monoisotopic (exact) mass is 314 g/mol. The fourth-order valence-electron chi connectivity index (χ4n) is 1.65. The van der Waals surface area contributed by atoms with Crippen LogP contribution < -0.4 is 0 Å². The van der Waals surface area contributed by atoms with E-state index in [0.717, 1.165) is 6.07 Å². The van der Waals surface area contributed by atoms with Gasteiger partial charge in [-0.1, -0.05) is 11.6 Å². The van der Waals surface area contributed by atoms with E-state index in [9.17, 15) is 19.7 Å². The molecule has 8 heteroatoms. The van der Waals surface area contributed by atoms with Crippen molar-refractivity contribution in [2.24, 2.45) is 0 Å². The Hall–Kier alpha value is -2.15. The van der Waals surface area contributed by atoms with Gasteiger partial charge in [-0.15, -0.1) is 0 Å². The van der Waals surface area contributed by atoms with Gasteiger partial charge in [0.05, 0.1) is 22.1 Å². The Balaban J connectivity index is 2.95. The molecule has 0 atom stereocenters. The summed E-state index contributed by atoms with van der Waals surface area (Å²) in [5.74, 6) is -1.00. The molecule has 0 aliphatic carbocycles. The van der Waals surface area contributed by atoms with Gasteiger partial charge in [-0.25, -0.2) is 0 Å². The first-order chi connectivity index (χ1) is 9.90. The third kappa shape index (κ3) is 4.42. The summed E-state index contributed by atoms with van der Waals surface area (Å²) >= 11 is 5.90. The second-order valence-electron chi connectivity index (χ2n) is 4.05. The van der Waals surface area contributed by atoms with Crippen LogP contribution >= 0.6 is 11.6 Å².